The summed E-state index contributed by atoms with van der Waals surface area (Å²) in [4.78, 5) is 44.6. The number of likely N-dealkylation sites (N-methyl/N-ethyl adjacent to an activating group) is 2. The number of rotatable bonds is 12. The van der Waals surface area contributed by atoms with Gasteiger partial charge in [0.15, 0.2) is 0 Å². The van der Waals surface area contributed by atoms with Crippen LogP contribution in [0.5, 0.6) is 0 Å². The van der Waals surface area contributed by atoms with Crippen molar-refractivity contribution in [2.24, 2.45) is 5.73 Å². The molecule has 3 rings (SSSR count). The Bertz CT molecular complexity index is 1330. The minimum Gasteiger partial charge on any atom is -0.332 e. The Balaban J connectivity index is 1.94. The molecular weight excluding hydrogens is 522 g/mol. The van der Waals surface area contributed by atoms with Gasteiger partial charge in [-0.1, -0.05) is 54.6 Å². The van der Waals surface area contributed by atoms with Crippen LogP contribution in [-0.4, -0.2) is 78.3 Å². The maximum atomic E-state index is 14.1. The van der Waals surface area contributed by atoms with Gasteiger partial charge in [-0.3, -0.25) is 19.8 Å². The normalized spacial score (nSPS) is 13.4. The molecule has 0 saturated heterocycles. The van der Waals surface area contributed by atoms with Crippen LogP contribution in [0.2, 0.25) is 0 Å². The third-order valence-corrected chi connectivity index (χ3v) is 7.57. The number of hydrazine groups is 1. The highest BCUT2D eigenvalue weighted by Gasteiger charge is 2.35. The smallest absolute Gasteiger partial charge is 0.257 e. The second kappa shape index (κ2) is 13.7. The van der Waals surface area contributed by atoms with Gasteiger partial charge in [0, 0.05) is 51.4 Å². The Morgan fingerprint density at radius 2 is 1.62 bits per heavy atom. The predicted octanol–water partition coefficient (Wildman–Crippen LogP) is 3.62. The van der Waals surface area contributed by atoms with Gasteiger partial charge in [0.1, 0.15) is 12.1 Å². The summed E-state index contributed by atoms with van der Waals surface area (Å²) in [5.41, 5.74) is 9.33. The lowest BCUT2D eigenvalue weighted by Gasteiger charge is -2.34. The average Bonchev–Trinajstić information content (AvgIpc) is 3.41. The van der Waals surface area contributed by atoms with Crippen LogP contribution in [0.25, 0.3) is 10.8 Å². The summed E-state index contributed by atoms with van der Waals surface area (Å²) in [6.45, 7) is 3.78. The van der Waals surface area contributed by atoms with Gasteiger partial charge in [-0.2, -0.15) is 0 Å². The predicted molar refractivity (Wildman–Crippen MR) is 163 cm³/mol. The van der Waals surface area contributed by atoms with E-state index in [1.807, 2.05) is 73.8 Å². The van der Waals surface area contributed by atoms with Gasteiger partial charge in [0.2, 0.25) is 11.8 Å². The molecule has 0 aliphatic heterocycles. The minimum absolute atomic E-state index is 0.294. The largest absolute Gasteiger partial charge is 0.332 e. The second-order valence-electron chi connectivity index (χ2n) is 11.1. The molecule has 9 heteroatoms. The molecule has 3 aromatic rings. The number of carbonyl (C=O) groups is 3. The maximum Gasteiger partial charge on any atom is 0.257 e. The number of amides is 3. The molecule has 0 aliphatic rings. The van der Waals surface area contributed by atoms with E-state index in [1.54, 1.807) is 39.3 Å². The van der Waals surface area contributed by atoms with Gasteiger partial charge in [-0.15, -0.1) is 11.3 Å². The van der Waals surface area contributed by atoms with Crippen molar-refractivity contribution in [1.29, 1.82) is 0 Å². The fraction of sp³-hybridized carbons (Fsp3) is 0.387. The molecule has 1 aromatic heterocycles. The lowest BCUT2D eigenvalue weighted by atomic mass is 9.99. The van der Waals surface area contributed by atoms with Gasteiger partial charge in [-0.05, 0) is 54.1 Å². The zero-order valence-electron chi connectivity index (χ0n) is 24.3. The van der Waals surface area contributed by atoms with Crippen LogP contribution in [-0.2, 0) is 27.2 Å². The first-order valence-electron chi connectivity index (χ1n) is 13.3. The Labute approximate surface area is 241 Å². The third kappa shape index (κ3) is 8.74. The first kappa shape index (κ1) is 31.0. The van der Waals surface area contributed by atoms with Crippen LogP contribution in [0.3, 0.4) is 0 Å². The van der Waals surface area contributed by atoms with E-state index in [0.717, 1.165) is 21.2 Å². The van der Waals surface area contributed by atoms with E-state index >= 15 is 0 Å². The number of hydrogen-bond acceptors (Lipinski definition) is 6. The second-order valence-corrected chi connectivity index (χ2v) is 12.1. The lowest BCUT2D eigenvalue weighted by Crippen LogP contribution is -2.57. The average molecular weight is 564 g/mol. The molecule has 2 aromatic carbocycles. The highest BCUT2D eigenvalue weighted by atomic mass is 32.1. The van der Waals surface area contributed by atoms with Gasteiger partial charge < -0.3 is 15.5 Å². The zero-order valence-corrected chi connectivity index (χ0v) is 25.1. The van der Waals surface area contributed by atoms with Crippen LogP contribution in [0.1, 0.15) is 30.7 Å². The fourth-order valence-electron chi connectivity index (χ4n) is 4.42. The summed E-state index contributed by atoms with van der Waals surface area (Å²) in [5, 5.41) is 5.66. The van der Waals surface area contributed by atoms with Gasteiger partial charge >= 0.3 is 0 Å². The summed E-state index contributed by atoms with van der Waals surface area (Å²) in [6.07, 6.45) is 4.39. The number of hydrogen-bond donors (Lipinski definition) is 2. The first-order chi connectivity index (χ1) is 18.9. The molecule has 2 unspecified atom stereocenters. The zero-order chi connectivity index (χ0) is 29.4. The molecule has 0 fully saturated rings. The Morgan fingerprint density at radius 3 is 2.25 bits per heavy atom. The Kier molecular flexibility index (Phi) is 10.6. The van der Waals surface area contributed by atoms with E-state index in [0.29, 0.717) is 19.3 Å². The van der Waals surface area contributed by atoms with Crippen LogP contribution in [0.4, 0.5) is 0 Å². The van der Waals surface area contributed by atoms with Crippen LogP contribution >= 0.6 is 11.3 Å². The first-order valence-corrected chi connectivity index (χ1v) is 14.2. The quantitative estimate of drug-likeness (QED) is 0.259. The minimum atomic E-state index is -0.827. The maximum absolute atomic E-state index is 14.1. The molecule has 40 heavy (non-hydrogen) atoms. The number of nitrogens with one attached hydrogen (secondary N) is 1. The molecule has 1 heterocycles. The molecule has 0 radical (unpaired) electrons. The molecule has 3 N–H and O–H groups in total. The van der Waals surface area contributed by atoms with Crippen molar-refractivity contribution in [3.8, 4) is 0 Å². The number of nitrogens with two attached hydrogens (primary N) is 1. The van der Waals surface area contributed by atoms with Crippen LogP contribution in [0, 0.1) is 0 Å². The van der Waals surface area contributed by atoms with Crippen molar-refractivity contribution in [1.82, 2.24) is 20.2 Å². The Hall–Kier alpha value is -3.53. The van der Waals surface area contributed by atoms with Gasteiger partial charge in [0.25, 0.3) is 5.91 Å². The van der Waals surface area contributed by atoms with E-state index in [2.05, 4.69) is 5.43 Å². The summed E-state index contributed by atoms with van der Waals surface area (Å²) in [6, 6.07) is 16.3. The number of nitrogens with zero attached hydrogens (tertiary/aromatic N) is 3. The number of thiophene rings is 1. The van der Waals surface area contributed by atoms with E-state index in [4.69, 9.17) is 5.73 Å². The molecule has 3 amide bonds. The van der Waals surface area contributed by atoms with E-state index < -0.39 is 17.6 Å². The SMILES string of the molecule is CN(C)NC(=O)C(Cc1cccs1)N(C)C(=O)C(Cc1ccc2ccccc2c1)N(C)C(=O)/C=C/CC(C)(C)N. The number of carbonyl (C=O) groups excluding carboxylic acids is 3. The van der Waals surface area contributed by atoms with E-state index in [1.165, 1.54) is 27.2 Å². The molecule has 0 bridgehead atoms. The third-order valence-electron chi connectivity index (χ3n) is 6.67. The lowest BCUT2D eigenvalue weighted by molar-refractivity contribution is -0.147. The summed E-state index contributed by atoms with van der Waals surface area (Å²) in [5.74, 6) is -0.908. The number of benzene rings is 2. The summed E-state index contributed by atoms with van der Waals surface area (Å²) in [7, 11) is 6.72. The molecule has 2 atom stereocenters. The highest BCUT2D eigenvalue weighted by Crippen LogP contribution is 2.21. The van der Waals surface area contributed by atoms with Crippen molar-refractivity contribution in [3.63, 3.8) is 0 Å². The topological polar surface area (TPSA) is 99.0 Å². The number of fused-ring (bicyclic) bond motifs is 1. The van der Waals surface area contributed by atoms with Crippen molar-refractivity contribution in [2.75, 3.05) is 28.2 Å². The van der Waals surface area contributed by atoms with Crippen molar-refractivity contribution in [3.05, 3.63) is 82.6 Å². The highest BCUT2D eigenvalue weighted by molar-refractivity contribution is 7.09. The fourth-order valence-corrected chi connectivity index (χ4v) is 5.17. The van der Waals surface area contributed by atoms with Crippen LogP contribution < -0.4 is 11.2 Å². The monoisotopic (exact) mass is 563 g/mol. The molecule has 214 valence electrons. The molecule has 0 aliphatic carbocycles. The van der Waals surface area contributed by atoms with Crippen molar-refractivity contribution in [2.45, 2.75) is 50.7 Å². The molecule has 8 nitrogen and oxygen atoms in total. The van der Waals surface area contributed by atoms with Crippen molar-refractivity contribution >= 4 is 39.8 Å². The molecular formula is C31H41N5O3S. The van der Waals surface area contributed by atoms with E-state index in [9.17, 15) is 14.4 Å². The standard InChI is InChI=1S/C31H41N5O3S/c1-31(2,32)17-9-14-28(37)35(5)27(20-22-15-16-23-11-7-8-12-24(23)19-22)30(39)36(6)26(29(38)33-34(3)4)21-25-13-10-18-40-25/h7-16,18-19,26-27H,17,20-21,32H2,1-6H3,(H,33,38)/b14-9+. The van der Waals surface area contributed by atoms with Crippen LogP contribution in [0.15, 0.2) is 72.1 Å². The Morgan fingerprint density at radius 1 is 0.925 bits per heavy atom. The summed E-state index contributed by atoms with van der Waals surface area (Å²) >= 11 is 1.54. The summed E-state index contributed by atoms with van der Waals surface area (Å²) < 4.78 is 0. The molecule has 0 saturated carbocycles. The van der Waals surface area contributed by atoms with Crippen molar-refractivity contribution < 1.29 is 14.4 Å². The van der Waals surface area contributed by atoms with Gasteiger partial charge in [0.05, 0.1) is 0 Å². The molecule has 0 spiro atoms. The van der Waals surface area contributed by atoms with Gasteiger partial charge in [-0.25, -0.2) is 5.01 Å². The van der Waals surface area contributed by atoms with E-state index in [-0.39, 0.29) is 17.7 Å².